The molecule has 1 aromatic carbocycles. The highest BCUT2D eigenvalue weighted by Gasteiger charge is 2.64. The van der Waals surface area contributed by atoms with Gasteiger partial charge in [-0.3, -0.25) is 0 Å². The molecule has 1 saturated carbocycles. The van der Waals surface area contributed by atoms with E-state index in [0.717, 1.165) is 29.5 Å². The molecule has 0 amide bonds. The van der Waals surface area contributed by atoms with Gasteiger partial charge in [0.15, 0.2) is 11.5 Å². The van der Waals surface area contributed by atoms with E-state index in [1.807, 2.05) is 19.1 Å². The summed E-state index contributed by atoms with van der Waals surface area (Å²) in [5.74, 6) is 0.674. The molecule has 0 unspecified atom stereocenters. The lowest BCUT2D eigenvalue weighted by Crippen LogP contribution is -2.53. The van der Waals surface area contributed by atoms with Crippen molar-refractivity contribution in [1.82, 2.24) is 4.98 Å². The van der Waals surface area contributed by atoms with Crippen molar-refractivity contribution in [1.29, 1.82) is 5.26 Å². The molecule has 2 aliphatic rings. The average molecular weight is 254 g/mol. The van der Waals surface area contributed by atoms with Gasteiger partial charge in [0.2, 0.25) is 0 Å². The zero-order valence-corrected chi connectivity index (χ0v) is 10.8. The number of ether oxygens (including phenoxy) is 1. The van der Waals surface area contributed by atoms with E-state index < -0.39 is 0 Å². The number of nitriles is 1. The average Bonchev–Trinajstić information content (AvgIpc) is 3.04. The Morgan fingerprint density at radius 2 is 2.11 bits per heavy atom. The maximum atomic E-state index is 9.49. The third kappa shape index (κ3) is 1.28. The predicted molar refractivity (Wildman–Crippen MR) is 68.5 cm³/mol. The lowest BCUT2D eigenvalue weighted by molar-refractivity contribution is -0.0866. The zero-order chi connectivity index (χ0) is 13.1. The van der Waals surface area contributed by atoms with Crippen molar-refractivity contribution in [3.05, 3.63) is 29.7 Å². The highest BCUT2D eigenvalue weighted by Crippen LogP contribution is 2.62. The molecule has 0 atom stereocenters. The minimum Gasteiger partial charge on any atom is -0.441 e. The summed E-state index contributed by atoms with van der Waals surface area (Å²) in [6.07, 6.45) is 1.95. The molecular weight excluding hydrogens is 240 g/mol. The van der Waals surface area contributed by atoms with E-state index in [2.05, 4.69) is 17.1 Å². The van der Waals surface area contributed by atoms with Crippen LogP contribution in [0.1, 0.15) is 24.3 Å². The minimum atomic E-state index is -0.228. The number of benzene rings is 1. The van der Waals surface area contributed by atoms with Gasteiger partial charge in [0.25, 0.3) is 0 Å². The quantitative estimate of drug-likeness (QED) is 0.826. The van der Waals surface area contributed by atoms with Gasteiger partial charge in [-0.15, -0.1) is 0 Å². The summed E-state index contributed by atoms with van der Waals surface area (Å²) in [7, 11) is 0. The van der Waals surface area contributed by atoms with E-state index >= 15 is 0 Å². The fraction of sp³-hybridized carbons (Fsp3) is 0.467. The fourth-order valence-electron chi connectivity index (χ4n) is 3.19. The van der Waals surface area contributed by atoms with Gasteiger partial charge in [0.1, 0.15) is 5.52 Å². The molecule has 2 heterocycles. The van der Waals surface area contributed by atoms with Crippen LogP contribution in [0, 0.1) is 23.7 Å². The van der Waals surface area contributed by atoms with Crippen molar-refractivity contribution >= 4 is 11.1 Å². The second-order valence-electron chi connectivity index (χ2n) is 5.68. The van der Waals surface area contributed by atoms with E-state index in [1.165, 1.54) is 0 Å². The molecule has 1 aliphatic heterocycles. The number of hydrogen-bond donors (Lipinski definition) is 0. The Hall–Kier alpha value is -1.86. The number of oxazole rings is 1. The Labute approximate surface area is 111 Å². The molecule has 0 radical (unpaired) electrons. The molecular formula is C15H14N2O2. The van der Waals surface area contributed by atoms with Crippen molar-refractivity contribution in [3.63, 3.8) is 0 Å². The summed E-state index contributed by atoms with van der Waals surface area (Å²) in [5.41, 5.74) is 2.46. The predicted octanol–water partition coefficient (Wildman–Crippen LogP) is 2.71. The van der Waals surface area contributed by atoms with Crippen molar-refractivity contribution in [2.45, 2.75) is 25.2 Å². The standard InChI is InChI=1S/C15H14N2O2/c1-10-17-12-3-2-11(6-13(12)19-10)15(8-18-9-15)14(7-16)4-5-14/h2-3,6H,4-5,8-9H2,1H3. The highest BCUT2D eigenvalue weighted by molar-refractivity contribution is 5.74. The summed E-state index contributed by atoms with van der Waals surface area (Å²) in [5, 5.41) is 9.49. The lowest BCUT2D eigenvalue weighted by atomic mass is 9.66. The van der Waals surface area contributed by atoms with E-state index in [1.54, 1.807) is 0 Å². The van der Waals surface area contributed by atoms with Crippen LogP contribution in [0.15, 0.2) is 22.6 Å². The molecule has 0 N–H and O–H groups in total. The number of aromatic nitrogens is 1. The first-order valence-corrected chi connectivity index (χ1v) is 6.56. The van der Waals surface area contributed by atoms with Gasteiger partial charge in [-0.05, 0) is 30.5 Å². The van der Waals surface area contributed by atoms with Crippen LogP contribution in [0.2, 0.25) is 0 Å². The normalized spacial score (nSPS) is 22.7. The van der Waals surface area contributed by atoms with E-state index in [-0.39, 0.29) is 10.8 Å². The first kappa shape index (κ1) is 11.0. The molecule has 4 rings (SSSR count). The van der Waals surface area contributed by atoms with Crippen molar-refractivity contribution < 1.29 is 9.15 Å². The summed E-state index contributed by atoms with van der Waals surface area (Å²) in [4.78, 5) is 4.32. The second kappa shape index (κ2) is 3.37. The highest BCUT2D eigenvalue weighted by atomic mass is 16.5. The molecule has 2 aromatic rings. The summed E-state index contributed by atoms with van der Waals surface area (Å²) in [6.45, 7) is 3.12. The number of nitrogens with zero attached hydrogens (tertiary/aromatic N) is 2. The molecule has 0 bridgehead atoms. The van der Waals surface area contributed by atoms with Gasteiger partial charge in [0, 0.05) is 6.92 Å². The number of fused-ring (bicyclic) bond motifs is 1. The van der Waals surface area contributed by atoms with Crippen molar-refractivity contribution in [2.75, 3.05) is 13.2 Å². The maximum absolute atomic E-state index is 9.49. The maximum Gasteiger partial charge on any atom is 0.192 e. The topological polar surface area (TPSA) is 59.0 Å². The summed E-state index contributed by atoms with van der Waals surface area (Å²) >= 11 is 0. The third-order valence-corrected chi connectivity index (χ3v) is 4.62. The van der Waals surface area contributed by atoms with Gasteiger partial charge in [-0.1, -0.05) is 6.07 Å². The van der Waals surface area contributed by atoms with Crippen LogP contribution in [0.25, 0.3) is 11.1 Å². The van der Waals surface area contributed by atoms with Crippen LogP contribution in [0.4, 0.5) is 0 Å². The number of rotatable bonds is 2. The molecule has 96 valence electrons. The van der Waals surface area contributed by atoms with Crippen LogP contribution in [-0.2, 0) is 10.2 Å². The first-order chi connectivity index (χ1) is 9.19. The van der Waals surface area contributed by atoms with Gasteiger partial charge in [0.05, 0.1) is 30.1 Å². The monoisotopic (exact) mass is 254 g/mol. The molecule has 4 nitrogen and oxygen atoms in total. The Morgan fingerprint density at radius 1 is 1.32 bits per heavy atom. The van der Waals surface area contributed by atoms with Gasteiger partial charge in [-0.2, -0.15) is 5.26 Å². The van der Waals surface area contributed by atoms with Crippen LogP contribution in [0.5, 0.6) is 0 Å². The van der Waals surface area contributed by atoms with Crippen LogP contribution < -0.4 is 0 Å². The van der Waals surface area contributed by atoms with Gasteiger partial charge in [-0.25, -0.2) is 4.98 Å². The van der Waals surface area contributed by atoms with Gasteiger partial charge < -0.3 is 9.15 Å². The lowest BCUT2D eigenvalue weighted by Gasteiger charge is -2.45. The second-order valence-corrected chi connectivity index (χ2v) is 5.68. The zero-order valence-electron chi connectivity index (χ0n) is 10.8. The molecule has 4 heteroatoms. The van der Waals surface area contributed by atoms with Crippen molar-refractivity contribution in [3.8, 4) is 6.07 Å². The summed E-state index contributed by atoms with van der Waals surface area (Å²) < 4.78 is 11.0. The van der Waals surface area contributed by atoms with Crippen LogP contribution in [0.3, 0.4) is 0 Å². The van der Waals surface area contributed by atoms with E-state index in [0.29, 0.717) is 19.1 Å². The Balaban J connectivity index is 1.87. The Morgan fingerprint density at radius 3 is 2.68 bits per heavy atom. The van der Waals surface area contributed by atoms with Crippen LogP contribution in [-0.4, -0.2) is 18.2 Å². The third-order valence-electron chi connectivity index (χ3n) is 4.62. The molecule has 2 fully saturated rings. The van der Waals surface area contributed by atoms with Crippen LogP contribution >= 0.6 is 0 Å². The smallest absolute Gasteiger partial charge is 0.192 e. The molecule has 1 saturated heterocycles. The molecule has 19 heavy (non-hydrogen) atoms. The fourth-order valence-corrected chi connectivity index (χ4v) is 3.19. The largest absolute Gasteiger partial charge is 0.441 e. The molecule has 1 aliphatic carbocycles. The molecule has 0 spiro atoms. The minimum absolute atomic E-state index is 0.142. The van der Waals surface area contributed by atoms with Gasteiger partial charge >= 0.3 is 0 Å². The van der Waals surface area contributed by atoms with Crippen molar-refractivity contribution in [2.24, 2.45) is 5.41 Å². The number of hydrogen-bond acceptors (Lipinski definition) is 4. The number of aryl methyl sites for hydroxylation is 1. The van der Waals surface area contributed by atoms with E-state index in [9.17, 15) is 5.26 Å². The SMILES string of the molecule is Cc1nc2ccc(C3(C4(C#N)CC4)COC3)cc2o1. The Bertz CT molecular complexity index is 702. The summed E-state index contributed by atoms with van der Waals surface area (Å²) in [6, 6.07) is 8.61. The molecule has 1 aromatic heterocycles. The Kier molecular flexibility index (Phi) is 1.95. The first-order valence-electron chi connectivity index (χ1n) is 6.56. The van der Waals surface area contributed by atoms with E-state index in [4.69, 9.17) is 9.15 Å².